The van der Waals surface area contributed by atoms with Crippen molar-refractivity contribution in [3.05, 3.63) is 35.4 Å². The standard InChI is InChI=1S/C12H15NO/c1-12(2,14)8-7-10-3-5-11(9-13)6-4-10/h3-6,14H,9,13H2,1-2H3. The summed E-state index contributed by atoms with van der Waals surface area (Å²) in [5, 5.41) is 9.39. The zero-order valence-electron chi connectivity index (χ0n) is 8.54. The van der Waals surface area contributed by atoms with Crippen molar-refractivity contribution in [3.63, 3.8) is 0 Å². The van der Waals surface area contributed by atoms with E-state index in [2.05, 4.69) is 11.8 Å². The smallest absolute Gasteiger partial charge is 0.120 e. The molecule has 2 nitrogen and oxygen atoms in total. The molecule has 0 atom stereocenters. The monoisotopic (exact) mass is 189 g/mol. The summed E-state index contributed by atoms with van der Waals surface area (Å²) in [6, 6.07) is 7.69. The summed E-state index contributed by atoms with van der Waals surface area (Å²) >= 11 is 0. The molecular weight excluding hydrogens is 174 g/mol. The van der Waals surface area contributed by atoms with E-state index in [-0.39, 0.29) is 0 Å². The van der Waals surface area contributed by atoms with Gasteiger partial charge in [0.05, 0.1) is 0 Å². The second-order valence-corrected chi connectivity index (χ2v) is 3.71. The molecule has 3 N–H and O–H groups in total. The van der Waals surface area contributed by atoms with Crippen LogP contribution in [0.25, 0.3) is 0 Å². The van der Waals surface area contributed by atoms with Crippen LogP contribution in [-0.2, 0) is 6.54 Å². The van der Waals surface area contributed by atoms with Gasteiger partial charge in [0.1, 0.15) is 5.60 Å². The minimum absolute atomic E-state index is 0.541. The maximum atomic E-state index is 9.39. The third-order valence-electron chi connectivity index (χ3n) is 1.70. The maximum absolute atomic E-state index is 9.39. The number of hydrogen-bond acceptors (Lipinski definition) is 2. The van der Waals surface area contributed by atoms with Crippen LogP contribution in [0, 0.1) is 11.8 Å². The van der Waals surface area contributed by atoms with Crippen LogP contribution in [-0.4, -0.2) is 10.7 Å². The Kier molecular flexibility index (Phi) is 3.29. The van der Waals surface area contributed by atoms with Crippen LogP contribution >= 0.6 is 0 Å². The lowest BCUT2D eigenvalue weighted by atomic mass is 10.1. The largest absolute Gasteiger partial charge is 0.378 e. The van der Waals surface area contributed by atoms with Gasteiger partial charge in [0.15, 0.2) is 0 Å². The Bertz CT molecular complexity index is 349. The molecule has 0 aliphatic rings. The minimum Gasteiger partial charge on any atom is -0.378 e. The van der Waals surface area contributed by atoms with Gasteiger partial charge in [0.25, 0.3) is 0 Å². The number of rotatable bonds is 1. The molecule has 14 heavy (non-hydrogen) atoms. The van der Waals surface area contributed by atoms with Gasteiger partial charge in [-0.2, -0.15) is 0 Å². The molecule has 1 aromatic rings. The fourth-order valence-corrected chi connectivity index (χ4v) is 0.949. The lowest BCUT2D eigenvalue weighted by Gasteiger charge is -2.05. The summed E-state index contributed by atoms with van der Waals surface area (Å²) in [5.41, 5.74) is 6.50. The summed E-state index contributed by atoms with van der Waals surface area (Å²) in [5.74, 6) is 5.65. The van der Waals surface area contributed by atoms with Crippen LogP contribution in [0.4, 0.5) is 0 Å². The summed E-state index contributed by atoms with van der Waals surface area (Å²) < 4.78 is 0. The van der Waals surface area contributed by atoms with E-state index in [0.717, 1.165) is 11.1 Å². The van der Waals surface area contributed by atoms with Gasteiger partial charge in [-0.3, -0.25) is 0 Å². The maximum Gasteiger partial charge on any atom is 0.120 e. The molecule has 0 aromatic heterocycles. The summed E-state index contributed by atoms with van der Waals surface area (Å²) in [6.45, 7) is 3.86. The molecule has 0 aliphatic carbocycles. The van der Waals surface area contributed by atoms with Gasteiger partial charge >= 0.3 is 0 Å². The highest BCUT2D eigenvalue weighted by molar-refractivity contribution is 5.37. The van der Waals surface area contributed by atoms with Crippen LogP contribution in [0.1, 0.15) is 25.0 Å². The summed E-state index contributed by atoms with van der Waals surface area (Å²) in [7, 11) is 0. The number of aliphatic hydroxyl groups is 1. The first-order valence-corrected chi connectivity index (χ1v) is 4.56. The SMILES string of the molecule is CC(C)(O)C#Cc1ccc(CN)cc1. The van der Waals surface area contributed by atoms with Crippen LogP contribution in [0.2, 0.25) is 0 Å². The van der Waals surface area contributed by atoms with E-state index in [9.17, 15) is 5.11 Å². The Morgan fingerprint density at radius 1 is 1.29 bits per heavy atom. The Balaban J connectivity index is 2.82. The zero-order chi connectivity index (χ0) is 10.6. The van der Waals surface area contributed by atoms with Gasteiger partial charge in [-0.15, -0.1) is 0 Å². The minimum atomic E-state index is -0.938. The Morgan fingerprint density at radius 2 is 1.86 bits per heavy atom. The first-order chi connectivity index (χ1) is 6.51. The molecule has 2 heteroatoms. The second-order valence-electron chi connectivity index (χ2n) is 3.71. The first kappa shape index (κ1) is 10.8. The molecular formula is C12H15NO. The molecule has 0 bridgehead atoms. The molecule has 0 aliphatic heterocycles. The predicted octanol–water partition coefficient (Wildman–Crippen LogP) is 1.27. The van der Waals surface area contributed by atoms with Crippen LogP contribution in [0.15, 0.2) is 24.3 Å². The highest BCUT2D eigenvalue weighted by Crippen LogP contribution is 2.03. The van der Waals surface area contributed by atoms with Crippen molar-refractivity contribution in [1.29, 1.82) is 0 Å². The number of nitrogens with two attached hydrogens (primary N) is 1. The van der Waals surface area contributed by atoms with Gasteiger partial charge < -0.3 is 10.8 Å². The Morgan fingerprint density at radius 3 is 2.29 bits per heavy atom. The van der Waals surface area contributed by atoms with E-state index in [0.29, 0.717) is 6.54 Å². The molecule has 1 aromatic carbocycles. The lowest BCUT2D eigenvalue weighted by Crippen LogP contribution is -2.14. The van der Waals surface area contributed by atoms with Crippen molar-refractivity contribution in [1.82, 2.24) is 0 Å². The van der Waals surface area contributed by atoms with Gasteiger partial charge in [-0.05, 0) is 31.5 Å². The van der Waals surface area contributed by atoms with Crippen LogP contribution < -0.4 is 5.73 Å². The predicted molar refractivity (Wildman–Crippen MR) is 57.5 cm³/mol. The Labute approximate surface area is 84.8 Å². The van der Waals surface area contributed by atoms with Gasteiger partial charge in [0.2, 0.25) is 0 Å². The van der Waals surface area contributed by atoms with Crippen LogP contribution in [0.3, 0.4) is 0 Å². The molecule has 0 amide bonds. The fourth-order valence-electron chi connectivity index (χ4n) is 0.949. The zero-order valence-corrected chi connectivity index (χ0v) is 8.54. The first-order valence-electron chi connectivity index (χ1n) is 4.56. The summed E-state index contributed by atoms with van der Waals surface area (Å²) in [6.07, 6.45) is 0. The van der Waals surface area contributed by atoms with E-state index in [1.165, 1.54) is 0 Å². The average Bonchev–Trinajstić information content (AvgIpc) is 2.14. The van der Waals surface area contributed by atoms with E-state index >= 15 is 0 Å². The molecule has 74 valence electrons. The Hall–Kier alpha value is -1.30. The number of hydrogen-bond donors (Lipinski definition) is 2. The lowest BCUT2D eigenvalue weighted by molar-refractivity contribution is 0.143. The number of benzene rings is 1. The second kappa shape index (κ2) is 4.28. The summed E-state index contributed by atoms with van der Waals surface area (Å²) in [4.78, 5) is 0. The molecule has 0 spiro atoms. The van der Waals surface area contributed by atoms with Gasteiger partial charge in [-0.25, -0.2) is 0 Å². The van der Waals surface area contributed by atoms with E-state index in [4.69, 9.17) is 5.73 Å². The molecule has 0 unspecified atom stereocenters. The normalized spacial score (nSPS) is 10.6. The van der Waals surface area contributed by atoms with E-state index in [1.807, 2.05) is 24.3 Å². The highest BCUT2D eigenvalue weighted by Gasteiger charge is 2.05. The molecule has 0 radical (unpaired) electrons. The molecule has 0 heterocycles. The van der Waals surface area contributed by atoms with Crippen molar-refractivity contribution >= 4 is 0 Å². The van der Waals surface area contributed by atoms with E-state index in [1.54, 1.807) is 13.8 Å². The molecule has 1 rings (SSSR count). The molecule has 0 saturated carbocycles. The van der Waals surface area contributed by atoms with Crippen molar-refractivity contribution in [3.8, 4) is 11.8 Å². The van der Waals surface area contributed by atoms with Gasteiger partial charge in [0, 0.05) is 12.1 Å². The van der Waals surface area contributed by atoms with Crippen molar-refractivity contribution in [2.45, 2.75) is 26.0 Å². The third-order valence-corrected chi connectivity index (χ3v) is 1.70. The van der Waals surface area contributed by atoms with Gasteiger partial charge in [-0.1, -0.05) is 24.0 Å². The van der Waals surface area contributed by atoms with Crippen molar-refractivity contribution in [2.75, 3.05) is 0 Å². The quantitative estimate of drug-likeness (QED) is 0.653. The topological polar surface area (TPSA) is 46.2 Å². The fraction of sp³-hybridized carbons (Fsp3) is 0.333. The highest BCUT2D eigenvalue weighted by atomic mass is 16.3. The van der Waals surface area contributed by atoms with Crippen LogP contribution in [0.5, 0.6) is 0 Å². The molecule has 0 fully saturated rings. The third kappa shape index (κ3) is 3.61. The van der Waals surface area contributed by atoms with Crippen molar-refractivity contribution < 1.29 is 5.11 Å². The van der Waals surface area contributed by atoms with Crippen molar-refractivity contribution in [2.24, 2.45) is 5.73 Å². The molecule has 0 saturated heterocycles. The average molecular weight is 189 g/mol. The van der Waals surface area contributed by atoms with E-state index < -0.39 is 5.60 Å².